The maximum absolute atomic E-state index is 12.8. The maximum atomic E-state index is 12.8. The molecule has 0 fully saturated rings. The average Bonchev–Trinajstić information content (AvgIpc) is 3.23. The second-order valence-electron chi connectivity index (χ2n) is 18.3. The van der Waals surface area contributed by atoms with Gasteiger partial charge in [0, 0.05) is 38.5 Å². The second kappa shape index (κ2) is 44.5. The van der Waals surface area contributed by atoms with Crippen LogP contribution in [0.4, 0.5) is 0 Å². The largest absolute Gasteiger partial charge is 0.778 e. The lowest BCUT2D eigenvalue weighted by molar-refractivity contribution is -0.870. The van der Waals surface area contributed by atoms with Gasteiger partial charge in [-0.25, -0.2) is 0 Å². The molecular weight excluding hydrogens is 806 g/mol. The molecule has 0 aromatic heterocycles. The molecule has 2 atom stereocenters. The van der Waals surface area contributed by atoms with Crippen LogP contribution in [0.1, 0.15) is 232 Å². The SMILES string of the molecule is CCCCCCCCCCC#CC#CCCCCCCCCC(=O)OC[C@H](CP(=O)([O-])OCC[N+](C)(C)C)OC(=O)CCCCCCCCC#CC#CCCCCCCCCCC. The third-order valence-corrected chi connectivity index (χ3v) is 12.3. The minimum atomic E-state index is -4.34. The molecule has 63 heavy (non-hydrogen) atoms. The first kappa shape index (κ1) is 60.3. The molecule has 0 amide bonds. The molecule has 8 nitrogen and oxygen atoms in total. The van der Waals surface area contributed by atoms with Crippen LogP contribution in [0, 0.1) is 47.4 Å². The number of unbranched alkanes of at least 4 members (excludes halogenated alkanes) is 28. The molecule has 0 radical (unpaired) electrons. The molecule has 9 heteroatoms. The van der Waals surface area contributed by atoms with Crippen molar-refractivity contribution in [2.75, 3.05) is 47.1 Å². The summed E-state index contributed by atoms with van der Waals surface area (Å²) in [4.78, 5) is 38.1. The number of esters is 2. The number of rotatable bonds is 41. The summed E-state index contributed by atoms with van der Waals surface area (Å²) in [5.41, 5.74) is 0. The van der Waals surface area contributed by atoms with Gasteiger partial charge in [0.25, 0.3) is 0 Å². The topological polar surface area (TPSA) is 102 Å². The maximum Gasteiger partial charge on any atom is 0.306 e. The van der Waals surface area contributed by atoms with Crippen molar-refractivity contribution in [2.45, 2.75) is 238 Å². The Morgan fingerprint density at radius 1 is 0.508 bits per heavy atom. The van der Waals surface area contributed by atoms with Gasteiger partial charge in [0.2, 0.25) is 0 Å². The predicted octanol–water partition coefficient (Wildman–Crippen LogP) is 13.0. The quantitative estimate of drug-likeness (QED) is 0.0198. The number of quaternary nitrogens is 1. The highest BCUT2D eigenvalue weighted by atomic mass is 31.2. The molecule has 0 bridgehead atoms. The van der Waals surface area contributed by atoms with E-state index in [2.05, 4.69) is 61.2 Å². The highest BCUT2D eigenvalue weighted by molar-refractivity contribution is 7.51. The summed E-state index contributed by atoms with van der Waals surface area (Å²) in [6.07, 6.45) is 34.9. The number of ether oxygens (including phenoxy) is 2. The molecule has 360 valence electrons. The number of hydrogen-bond donors (Lipinski definition) is 0. The first-order valence-electron chi connectivity index (χ1n) is 25.5. The molecule has 0 aliphatic heterocycles. The lowest BCUT2D eigenvalue weighted by atomic mass is 10.1. The molecule has 0 aromatic rings. The van der Waals surface area contributed by atoms with Crippen LogP contribution in [-0.4, -0.2) is 69.6 Å². The zero-order chi connectivity index (χ0) is 46.4. The number of nitrogens with zero attached hydrogens (tertiary/aromatic N) is 1. The Bertz CT molecular complexity index is 1420. The zero-order valence-corrected chi connectivity index (χ0v) is 42.1. The monoisotopic (exact) mass is 898 g/mol. The molecular formula is C54H92NO7P. The van der Waals surface area contributed by atoms with E-state index < -0.39 is 31.8 Å². The van der Waals surface area contributed by atoms with Crippen LogP contribution in [0.5, 0.6) is 0 Å². The highest BCUT2D eigenvalue weighted by Crippen LogP contribution is 2.38. The molecule has 0 aliphatic rings. The molecule has 0 aliphatic carbocycles. The first-order valence-corrected chi connectivity index (χ1v) is 27.2. The number of likely N-dealkylation sites (N-methyl/N-ethyl adjacent to an activating group) is 1. The van der Waals surface area contributed by atoms with E-state index in [9.17, 15) is 19.0 Å². The van der Waals surface area contributed by atoms with Crippen molar-refractivity contribution >= 4 is 19.5 Å². The first-order chi connectivity index (χ1) is 30.5. The van der Waals surface area contributed by atoms with Crippen LogP contribution in [0.2, 0.25) is 0 Å². The number of hydrogen-bond acceptors (Lipinski definition) is 7. The molecule has 1 unspecified atom stereocenters. The summed E-state index contributed by atoms with van der Waals surface area (Å²) < 4.78 is 29.6. The van der Waals surface area contributed by atoms with E-state index in [1.807, 2.05) is 21.1 Å². The van der Waals surface area contributed by atoms with E-state index in [-0.39, 0.29) is 26.1 Å². The van der Waals surface area contributed by atoms with E-state index in [0.717, 1.165) is 89.9 Å². The normalized spacial score (nSPS) is 12.3. The van der Waals surface area contributed by atoms with E-state index in [1.54, 1.807) is 0 Å². The van der Waals surface area contributed by atoms with Crippen LogP contribution in [0.25, 0.3) is 0 Å². The fourth-order valence-corrected chi connectivity index (χ4v) is 8.03. The van der Waals surface area contributed by atoms with Gasteiger partial charge in [0.1, 0.15) is 33.5 Å². The molecule has 0 saturated heterocycles. The standard InChI is InChI=1S/C54H92NO7P/c1-6-8-10-12-14-16-18-20-22-24-26-28-30-32-34-36-38-40-42-44-46-53(56)60-50-52(51-63(58,59)61-49-48-55(3,4)5)62-54(57)47-45-43-41-39-37-35-33-31-29-27-25-23-21-19-17-15-13-11-9-7-2/h52H,6-23,32-51H2,1-5H3/t52-/m1/s1. The number of carbonyl (C=O) groups is 2. The smallest absolute Gasteiger partial charge is 0.306 e. The van der Waals surface area contributed by atoms with Crippen molar-refractivity contribution in [1.29, 1.82) is 0 Å². The molecule has 0 N–H and O–H groups in total. The van der Waals surface area contributed by atoms with Crippen LogP contribution in [-0.2, 0) is 28.2 Å². The minimum absolute atomic E-state index is 0.0202. The summed E-state index contributed by atoms with van der Waals surface area (Å²) >= 11 is 0. The summed E-state index contributed by atoms with van der Waals surface area (Å²) in [7, 11) is 1.50. The molecule has 0 heterocycles. The van der Waals surface area contributed by atoms with E-state index in [0.29, 0.717) is 23.9 Å². The Balaban J connectivity index is 4.32. The minimum Gasteiger partial charge on any atom is -0.778 e. The molecule has 0 rings (SSSR count). The summed E-state index contributed by atoms with van der Waals surface area (Å²) in [6, 6.07) is 0. The van der Waals surface area contributed by atoms with Crippen molar-refractivity contribution in [2.24, 2.45) is 0 Å². The third-order valence-electron chi connectivity index (χ3n) is 10.9. The van der Waals surface area contributed by atoms with Crippen molar-refractivity contribution < 1.29 is 37.5 Å². The van der Waals surface area contributed by atoms with Gasteiger partial charge in [-0.3, -0.25) is 9.59 Å². The van der Waals surface area contributed by atoms with E-state index in [4.69, 9.17) is 14.0 Å². The Morgan fingerprint density at radius 2 is 0.841 bits per heavy atom. The van der Waals surface area contributed by atoms with Crippen LogP contribution in [0.15, 0.2) is 0 Å². The lowest BCUT2D eigenvalue weighted by Gasteiger charge is -2.30. The van der Waals surface area contributed by atoms with Gasteiger partial charge in [-0.1, -0.05) is 179 Å². The van der Waals surface area contributed by atoms with Gasteiger partial charge >= 0.3 is 11.9 Å². The van der Waals surface area contributed by atoms with Gasteiger partial charge in [-0.05, 0) is 62.2 Å². The highest BCUT2D eigenvalue weighted by Gasteiger charge is 2.24. The van der Waals surface area contributed by atoms with Gasteiger partial charge in [0.15, 0.2) is 0 Å². The van der Waals surface area contributed by atoms with Gasteiger partial charge in [-0.15, -0.1) is 0 Å². The van der Waals surface area contributed by atoms with Crippen LogP contribution in [0.3, 0.4) is 0 Å². The Hall–Kier alpha value is -2.71. The fraction of sp³-hybridized carbons (Fsp3) is 0.815. The Kier molecular flexibility index (Phi) is 42.6. The van der Waals surface area contributed by atoms with Crippen molar-refractivity contribution in [3.8, 4) is 47.4 Å². The predicted molar refractivity (Wildman–Crippen MR) is 262 cm³/mol. The second-order valence-corrected chi connectivity index (χ2v) is 20.2. The molecule has 0 aromatic carbocycles. The zero-order valence-electron chi connectivity index (χ0n) is 41.2. The Labute approximate surface area is 388 Å². The molecule has 0 saturated carbocycles. The third kappa shape index (κ3) is 48.6. The average molecular weight is 898 g/mol. The van der Waals surface area contributed by atoms with Crippen molar-refractivity contribution in [3.63, 3.8) is 0 Å². The summed E-state index contributed by atoms with van der Waals surface area (Å²) in [5, 5.41) is 0. The van der Waals surface area contributed by atoms with Crippen LogP contribution < -0.4 is 4.89 Å². The van der Waals surface area contributed by atoms with E-state index >= 15 is 0 Å². The number of carbonyl (C=O) groups excluding carboxylic acids is 2. The van der Waals surface area contributed by atoms with Crippen molar-refractivity contribution in [3.05, 3.63) is 0 Å². The van der Waals surface area contributed by atoms with Crippen LogP contribution >= 0.6 is 7.60 Å². The van der Waals surface area contributed by atoms with Gasteiger partial charge in [-0.2, -0.15) is 0 Å². The van der Waals surface area contributed by atoms with Gasteiger partial charge in [0.05, 0.1) is 27.3 Å². The summed E-state index contributed by atoms with van der Waals surface area (Å²) in [6.45, 7) is 4.71. The lowest BCUT2D eigenvalue weighted by Crippen LogP contribution is -2.38. The Morgan fingerprint density at radius 3 is 1.21 bits per heavy atom. The van der Waals surface area contributed by atoms with E-state index in [1.165, 1.54) is 103 Å². The van der Waals surface area contributed by atoms with Gasteiger partial charge < -0.3 is 27.9 Å². The van der Waals surface area contributed by atoms with Crippen molar-refractivity contribution in [1.82, 2.24) is 0 Å². The molecule has 0 spiro atoms. The fourth-order valence-electron chi connectivity index (χ4n) is 6.88. The summed E-state index contributed by atoms with van der Waals surface area (Å²) in [5.74, 6) is 23.7.